The quantitative estimate of drug-likeness (QED) is 0.598. The Kier molecular flexibility index (Phi) is 9.92. The monoisotopic (exact) mass is 468 g/mol. The maximum Gasteiger partial charge on any atom is 0.409 e. The molecule has 2 amide bonds. The van der Waals surface area contributed by atoms with Crippen molar-refractivity contribution in [2.75, 3.05) is 57.7 Å². The molecule has 0 saturated carbocycles. The zero-order valence-electron chi connectivity index (χ0n) is 19.5. The largest absolute Gasteiger partial charge is 0.449 e. The summed E-state index contributed by atoms with van der Waals surface area (Å²) in [5, 5.41) is 2.80. The van der Waals surface area contributed by atoms with Gasteiger partial charge in [-0.1, -0.05) is 33.8 Å². The van der Waals surface area contributed by atoms with E-state index < -0.39 is 10.0 Å². The molecule has 1 N–H and O–H groups in total. The Morgan fingerprint density at radius 2 is 1.84 bits per heavy atom. The molecule has 10 heteroatoms. The summed E-state index contributed by atoms with van der Waals surface area (Å²) in [6.07, 6.45) is 0.443. The van der Waals surface area contributed by atoms with Gasteiger partial charge in [-0.15, -0.1) is 0 Å². The highest BCUT2D eigenvalue weighted by molar-refractivity contribution is 7.89. The third-order valence-corrected chi connectivity index (χ3v) is 7.26. The smallest absolute Gasteiger partial charge is 0.409 e. The highest BCUT2D eigenvalue weighted by Gasteiger charge is 2.23. The molecule has 0 atom stereocenters. The van der Waals surface area contributed by atoms with Crippen LogP contribution in [-0.2, 0) is 19.6 Å². The fourth-order valence-corrected chi connectivity index (χ4v) is 5.00. The summed E-state index contributed by atoms with van der Waals surface area (Å²) in [7, 11) is -3.59. The van der Waals surface area contributed by atoms with E-state index in [1.54, 1.807) is 30.9 Å². The molecule has 1 aromatic carbocycles. The molecule has 32 heavy (non-hydrogen) atoms. The van der Waals surface area contributed by atoms with Crippen LogP contribution in [0.15, 0.2) is 29.2 Å². The van der Waals surface area contributed by atoms with Gasteiger partial charge in [-0.25, -0.2) is 13.2 Å². The number of nitrogens with one attached hydrogen (secondary N) is 1. The van der Waals surface area contributed by atoms with E-state index >= 15 is 0 Å². The summed E-state index contributed by atoms with van der Waals surface area (Å²) in [5.74, 6) is 0.0600. The lowest BCUT2D eigenvalue weighted by molar-refractivity contribution is -0.117. The maximum atomic E-state index is 12.7. The molecule has 0 aliphatic carbocycles. The topological polar surface area (TPSA) is 99.3 Å². The van der Waals surface area contributed by atoms with E-state index in [0.717, 1.165) is 6.42 Å². The fraction of sp³-hybridized carbons (Fsp3) is 0.636. The molecule has 180 valence electrons. The second-order valence-corrected chi connectivity index (χ2v) is 10.2. The highest BCUT2D eigenvalue weighted by atomic mass is 32.2. The standard InChI is InChI=1S/C22H36N4O5S/c1-5-26(6-2)32(29,30)20-10-7-9-19(15-20)23-21(27)16-24-11-8-12-25(14-13-24)22(28)31-17-18(3)4/h7,9-10,15,18H,5-6,8,11-14,16-17H2,1-4H3,(H,23,27). The van der Waals surface area contributed by atoms with Gasteiger partial charge in [0.05, 0.1) is 18.0 Å². The van der Waals surface area contributed by atoms with Gasteiger partial charge >= 0.3 is 6.09 Å². The van der Waals surface area contributed by atoms with Crippen LogP contribution in [-0.4, -0.2) is 86.9 Å². The van der Waals surface area contributed by atoms with Gasteiger partial charge in [0.2, 0.25) is 15.9 Å². The number of carbonyl (C=O) groups is 2. The zero-order valence-corrected chi connectivity index (χ0v) is 20.4. The first-order valence-electron chi connectivity index (χ1n) is 11.2. The maximum absolute atomic E-state index is 12.7. The first-order chi connectivity index (χ1) is 15.2. The molecule has 1 aromatic rings. The second kappa shape index (κ2) is 12.2. The van der Waals surface area contributed by atoms with E-state index in [1.165, 1.54) is 16.4 Å². The number of sulfonamides is 1. The van der Waals surface area contributed by atoms with Gasteiger partial charge in [0, 0.05) is 45.0 Å². The minimum Gasteiger partial charge on any atom is -0.449 e. The lowest BCUT2D eigenvalue weighted by Gasteiger charge is -2.22. The number of hydrogen-bond acceptors (Lipinski definition) is 6. The molecule has 0 unspecified atom stereocenters. The molecule has 1 aliphatic heterocycles. The van der Waals surface area contributed by atoms with Crippen molar-refractivity contribution in [3.05, 3.63) is 24.3 Å². The van der Waals surface area contributed by atoms with Crippen LogP contribution in [0.5, 0.6) is 0 Å². The normalized spacial score (nSPS) is 15.6. The molecular formula is C22H36N4O5S. The van der Waals surface area contributed by atoms with Crippen molar-refractivity contribution in [2.45, 2.75) is 39.0 Å². The van der Waals surface area contributed by atoms with Crippen molar-refractivity contribution in [2.24, 2.45) is 5.92 Å². The molecule has 1 fully saturated rings. The SMILES string of the molecule is CCN(CC)S(=O)(=O)c1cccc(NC(=O)CN2CCCN(C(=O)OCC(C)C)CC2)c1. The van der Waals surface area contributed by atoms with Crippen molar-refractivity contribution in [3.8, 4) is 0 Å². The fourth-order valence-electron chi connectivity index (χ4n) is 3.49. The lowest BCUT2D eigenvalue weighted by Crippen LogP contribution is -2.38. The summed E-state index contributed by atoms with van der Waals surface area (Å²) < 4.78 is 32.1. The number of nitrogens with zero attached hydrogens (tertiary/aromatic N) is 3. The summed E-state index contributed by atoms with van der Waals surface area (Å²) in [6.45, 7) is 11.2. The number of hydrogen-bond donors (Lipinski definition) is 1. The number of benzene rings is 1. The van der Waals surface area contributed by atoms with Crippen molar-refractivity contribution >= 4 is 27.7 Å². The van der Waals surface area contributed by atoms with Gasteiger partial charge in [-0.2, -0.15) is 4.31 Å². The molecule has 0 spiro atoms. The van der Waals surface area contributed by atoms with E-state index in [0.29, 0.717) is 51.6 Å². The van der Waals surface area contributed by atoms with Gasteiger partial charge in [-0.05, 0) is 30.5 Å². The molecule has 0 radical (unpaired) electrons. The van der Waals surface area contributed by atoms with Gasteiger partial charge in [0.15, 0.2) is 0 Å². The molecule has 1 heterocycles. The number of amides is 2. The molecule has 9 nitrogen and oxygen atoms in total. The number of rotatable bonds is 9. The second-order valence-electron chi connectivity index (χ2n) is 8.25. The third-order valence-electron chi connectivity index (χ3n) is 5.22. The van der Waals surface area contributed by atoms with Gasteiger partial charge < -0.3 is 15.0 Å². The first-order valence-corrected chi connectivity index (χ1v) is 12.7. The molecule has 2 rings (SSSR count). The Morgan fingerprint density at radius 1 is 1.12 bits per heavy atom. The average molecular weight is 469 g/mol. The predicted molar refractivity (Wildman–Crippen MR) is 124 cm³/mol. The molecule has 0 bridgehead atoms. The molecular weight excluding hydrogens is 432 g/mol. The summed E-state index contributed by atoms with van der Waals surface area (Å²) in [6, 6.07) is 6.32. The molecule has 0 aromatic heterocycles. The summed E-state index contributed by atoms with van der Waals surface area (Å²) in [4.78, 5) is 28.6. The molecule has 1 aliphatic rings. The number of carbonyl (C=O) groups excluding carboxylic acids is 2. The van der Waals surface area contributed by atoms with Crippen LogP contribution < -0.4 is 5.32 Å². The van der Waals surface area contributed by atoms with Crippen LogP contribution >= 0.6 is 0 Å². The Bertz CT molecular complexity index is 871. The number of ether oxygens (including phenoxy) is 1. The Morgan fingerprint density at radius 3 is 2.50 bits per heavy atom. The van der Waals surface area contributed by atoms with Crippen molar-refractivity contribution in [1.29, 1.82) is 0 Å². The minimum atomic E-state index is -3.59. The Labute approximate surface area is 191 Å². The van der Waals surface area contributed by atoms with Gasteiger partial charge in [-0.3, -0.25) is 9.69 Å². The highest BCUT2D eigenvalue weighted by Crippen LogP contribution is 2.19. The van der Waals surface area contributed by atoms with Crippen LogP contribution in [0, 0.1) is 5.92 Å². The van der Waals surface area contributed by atoms with Crippen molar-refractivity contribution in [1.82, 2.24) is 14.1 Å². The Balaban J connectivity index is 1.92. The van der Waals surface area contributed by atoms with Crippen LogP contribution in [0.25, 0.3) is 0 Å². The van der Waals surface area contributed by atoms with Crippen molar-refractivity contribution < 1.29 is 22.7 Å². The summed E-state index contributed by atoms with van der Waals surface area (Å²) >= 11 is 0. The van der Waals surface area contributed by atoms with E-state index in [9.17, 15) is 18.0 Å². The van der Waals surface area contributed by atoms with Crippen LogP contribution in [0.2, 0.25) is 0 Å². The average Bonchev–Trinajstić information content (AvgIpc) is 2.98. The van der Waals surface area contributed by atoms with E-state index in [4.69, 9.17) is 4.74 Å². The first kappa shape index (κ1) is 26.1. The van der Waals surface area contributed by atoms with Gasteiger partial charge in [0.25, 0.3) is 0 Å². The van der Waals surface area contributed by atoms with Crippen LogP contribution in [0.4, 0.5) is 10.5 Å². The summed E-state index contributed by atoms with van der Waals surface area (Å²) in [5.41, 5.74) is 0.442. The Hall–Kier alpha value is -2.17. The van der Waals surface area contributed by atoms with E-state index in [2.05, 4.69) is 5.32 Å². The molecule has 1 saturated heterocycles. The van der Waals surface area contributed by atoms with E-state index in [1.807, 2.05) is 18.7 Å². The third kappa shape index (κ3) is 7.46. The predicted octanol–water partition coefficient (Wildman–Crippen LogP) is 2.46. The van der Waals surface area contributed by atoms with E-state index in [-0.39, 0.29) is 29.4 Å². The number of anilines is 1. The van der Waals surface area contributed by atoms with Crippen LogP contribution in [0.3, 0.4) is 0 Å². The van der Waals surface area contributed by atoms with Crippen LogP contribution in [0.1, 0.15) is 34.1 Å². The minimum absolute atomic E-state index is 0.157. The zero-order chi connectivity index (χ0) is 23.7. The van der Waals surface area contributed by atoms with Gasteiger partial charge in [0.1, 0.15) is 0 Å². The van der Waals surface area contributed by atoms with Crippen molar-refractivity contribution in [3.63, 3.8) is 0 Å². The lowest BCUT2D eigenvalue weighted by atomic mass is 10.2.